The number of hydrogen-bond acceptors (Lipinski definition) is 4. The molecule has 108 valence electrons. The van der Waals surface area contributed by atoms with Gasteiger partial charge in [0.15, 0.2) is 0 Å². The Hall–Kier alpha value is -1.40. The fourth-order valence-corrected chi connectivity index (χ4v) is 2.11. The number of rotatable bonds is 6. The molecular weight excluding hydrogens is 320 g/mol. The summed E-state index contributed by atoms with van der Waals surface area (Å²) in [6.07, 6.45) is 1.72. The third-order valence-electron chi connectivity index (χ3n) is 2.64. The van der Waals surface area contributed by atoms with Crippen LogP contribution in [0.2, 0.25) is 0 Å². The number of pyridine rings is 1. The predicted octanol–water partition coefficient (Wildman–Crippen LogP) is 3.41. The zero-order chi connectivity index (χ0) is 14.5. The van der Waals surface area contributed by atoms with Gasteiger partial charge in [0.1, 0.15) is 0 Å². The first-order valence-electron chi connectivity index (χ1n) is 6.59. The Labute approximate surface area is 127 Å². The first-order chi connectivity index (χ1) is 9.54. The molecule has 0 atom stereocenters. The van der Waals surface area contributed by atoms with E-state index in [1.165, 1.54) is 0 Å². The lowest BCUT2D eigenvalue weighted by atomic mass is 10.2. The van der Waals surface area contributed by atoms with E-state index in [9.17, 15) is 0 Å². The van der Waals surface area contributed by atoms with E-state index in [1.807, 2.05) is 19.1 Å². The fraction of sp³-hybridized carbons (Fsp3) is 0.429. The number of aryl methyl sites for hydroxylation is 1. The topological polar surface area (TPSA) is 62.8 Å². The van der Waals surface area contributed by atoms with Gasteiger partial charge in [-0.3, -0.25) is 5.10 Å². The quantitative estimate of drug-likeness (QED) is 0.847. The molecule has 0 radical (unpaired) electrons. The summed E-state index contributed by atoms with van der Waals surface area (Å²) in [6, 6.07) is 3.85. The number of halogens is 1. The first-order valence-corrected chi connectivity index (χ1v) is 7.39. The number of aromatic nitrogens is 3. The van der Waals surface area contributed by atoms with E-state index >= 15 is 0 Å². The molecule has 0 aliphatic heterocycles. The first kappa shape index (κ1) is 15.0. The van der Waals surface area contributed by atoms with Crippen LogP contribution in [-0.4, -0.2) is 21.7 Å². The van der Waals surface area contributed by atoms with Crippen LogP contribution in [0.25, 0.3) is 0 Å². The molecule has 0 aromatic carbocycles. The number of hydrogen-bond donors (Lipinski definition) is 2. The summed E-state index contributed by atoms with van der Waals surface area (Å²) in [6.45, 7) is 7.95. The van der Waals surface area contributed by atoms with Gasteiger partial charge in [-0.2, -0.15) is 0 Å². The molecular formula is C14H19BrN4O. The largest absolute Gasteiger partial charge is 0.419 e. The van der Waals surface area contributed by atoms with Crippen molar-refractivity contribution < 1.29 is 4.74 Å². The second kappa shape index (κ2) is 6.85. The van der Waals surface area contributed by atoms with Crippen LogP contribution in [0.4, 0.5) is 0 Å². The highest BCUT2D eigenvalue weighted by molar-refractivity contribution is 9.10. The van der Waals surface area contributed by atoms with Crippen molar-refractivity contribution in [3.05, 3.63) is 34.1 Å². The Balaban J connectivity index is 2.10. The van der Waals surface area contributed by atoms with E-state index in [-0.39, 0.29) is 0 Å². The highest BCUT2D eigenvalue weighted by Crippen LogP contribution is 2.24. The van der Waals surface area contributed by atoms with Gasteiger partial charge in [-0.25, -0.2) is 4.98 Å². The van der Waals surface area contributed by atoms with Crippen molar-refractivity contribution in [3.8, 4) is 11.8 Å². The number of nitrogens with one attached hydrogen (secondary N) is 2. The Bertz CT molecular complexity index is 568. The van der Waals surface area contributed by atoms with Gasteiger partial charge in [-0.1, -0.05) is 13.8 Å². The van der Waals surface area contributed by atoms with Gasteiger partial charge in [-0.15, -0.1) is 5.10 Å². The molecule has 0 spiro atoms. The number of H-pyrrole nitrogens is 1. The molecule has 2 heterocycles. The normalized spacial score (nSPS) is 11.1. The summed E-state index contributed by atoms with van der Waals surface area (Å²) >= 11 is 3.44. The van der Waals surface area contributed by atoms with Gasteiger partial charge in [0, 0.05) is 34.5 Å². The molecule has 0 aliphatic carbocycles. The van der Waals surface area contributed by atoms with Gasteiger partial charge in [0.2, 0.25) is 11.8 Å². The molecule has 0 saturated heterocycles. The maximum absolute atomic E-state index is 5.73. The molecule has 0 aliphatic rings. The molecule has 0 amide bonds. The summed E-state index contributed by atoms with van der Waals surface area (Å²) in [4.78, 5) is 4.32. The van der Waals surface area contributed by atoms with Gasteiger partial charge < -0.3 is 10.1 Å². The molecule has 2 N–H and O–H groups in total. The maximum Gasteiger partial charge on any atom is 0.240 e. The van der Waals surface area contributed by atoms with Crippen molar-refractivity contribution in [1.29, 1.82) is 0 Å². The van der Waals surface area contributed by atoms with Crippen LogP contribution < -0.4 is 10.1 Å². The van der Waals surface area contributed by atoms with Gasteiger partial charge in [-0.05, 0) is 41.4 Å². The minimum atomic E-state index is 0.530. The molecule has 5 nitrogen and oxygen atoms in total. The second-order valence-corrected chi connectivity index (χ2v) is 6.05. The number of ether oxygens (including phenoxy) is 1. The van der Waals surface area contributed by atoms with Gasteiger partial charge in [0.05, 0.1) is 0 Å². The average Bonchev–Trinajstić information content (AvgIpc) is 2.78. The Kier molecular flexibility index (Phi) is 5.14. The second-order valence-electron chi connectivity index (χ2n) is 5.13. The van der Waals surface area contributed by atoms with Crippen LogP contribution in [0.3, 0.4) is 0 Å². The van der Waals surface area contributed by atoms with E-state index in [0.29, 0.717) is 24.2 Å². The Morgan fingerprint density at radius 2 is 2.20 bits per heavy atom. The van der Waals surface area contributed by atoms with E-state index in [0.717, 1.165) is 22.3 Å². The SMILES string of the molecule is Cc1cc(Oc2ncc(Br)cc2CNCC(C)C)n[nH]1. The highest BCUT2D eigenvalue weighted by atomic mass is 79.9. The lowest BCUT2D eigenvalue weighted by molar-refractivity contribution is 0.432. The van der Waals surface area contributed by atoms with E-state index in [2.05, 4.69) is 50.3 Å². The summed E-state index contributed by atoms with van der Waals surface area (Å²) in [5, 5.41) is 10.3. The van der Waals surface area contributed by atoms with E-state index < -0.39 is 0 Å². The van der Waals surface area contributed by atoms with Crippen molar-refractivity contribution in [2.24, 2.45) is 5.92 Å². The third kappa shape index (κ3) is 4.31. The number of nitrogens with zero attached hydrogens (tertiary/aromatic N) is 2. The Morgan fingerprint density at radius 1 is 1.40 bits per heavy atom. The van der Waals surface area contributed by atoms with E-state index in [1.54, 1.807) is 6.20 Å². The molecule has 6 heteroatoms. The fourth-order valence-electron chi connectivity index (χ4n) is 1.73. The summed E-state index contributed by atoms with van der Waals surface area (Å²) in [5.74, 6) is 1.71. The molecule has 0 bridgehead atoms. The molecule has 0 saturated carbocycles. The standard InChI is InChI=1S/C14H19BrN4O/c1-9(2)6-16-7-11-5-12(15)8-17-14(11)20-13-4-10(3)18-19-13/h4-5,8-9,16H,6-7H2,1-3H3,(H,18,19). The lowest BCUT2D eigenvalue weighted by Gasteiger charge is -2.11. The summed E-state index contributed by atoms with van der Waals surface area (Å²) in [7, 11) is 0. The van der Waals surface area contributed by atoms with Crippen LogP contribution in [0, 0.1) is 12.8 Å². The Morgan fingerprint density at radius 3 is 2.85 bits per heavy atom. The molecule has 20 heavy (non-hydrogen) atoms. The van der Waals surface area contributed by atoms with Crippen LogP contribution in [0.1, 0.15) is 25.1 Å². The molecule has 2 aromatic rings. The van der Waals surface area contributed by atoms with Crippen molar-refractivity contribution in [2.45, 2.75) is 27.3 Å². The summed E-state index contributed by atoms with van der Waals surface area (Å²) < 4.78 is 6.66. The molecule has 2 rings (SSSR count). The van der Waals surface area contributed by atoms with Gasteiger partial charge in [0.25, 0.3) is 0 Å². The van der Waals surface area contributed by atoms with Crippen molar-refractivity contribution in [3.63, 3.8) is 0 Å². The van der Waals surface area contributed by atoms with Crippen molar-refractivity contribution >= 4 is 15.9 Å². The third-order valence-corrected chi connectivity index (χ3v) is 3.08. The smallest absolute Gasteiger partial charge is 0.240 e. The monoisotopic (exact) mass is 338 g/mol. The number of aromatic amines is 1. The zero-order valence-electron chi connectivity index (χ0n) is 11.9. The van der Waals surface area contributed by atoms with Crippen molar-refractivity contribution in [2.75, 3.05) is 6.54 Å². The molecule has 0 fully saturated rings. The summed E-state index contributed by atoms with van der Waals surface area (Å²) in [5.41, 5.74) is 1.96. The van der Waals surface area contributed by atoms with Crippen LogP contribution >= 0.6 is 15.9 Å². The van der Waals surface area contributed by atoms with E-state index in [4.69, 9.17) is 4.74 Å². The van der Waals surface area contributed by atoms with Crippen molar-refractivity contribution in [1.82, 2.24) is 20.5 Å². The van der Waals surface area contributed by atoms with Gasteiger partial charge >= 0.3 is 0 Å². The predicted molar refractivity (Wildman–Crippen MR) is 81.9 cm³/mol. The molecule has 2 aromatic heterocycles. The van der Waals surface area contributed by atoms with Crippen LogP contribution in [0.15, 0.2) is 22.8 Å². The highest BCUT2D eigenvalue weighted by Gasteiger charge is 2.09. The zero-order valence-corrected chi connectivity index (χ0v) is 13.5. The molecule has 0 unspecified atom stereocenters. The average molecular weight is 339 g/mol. The van der Waals surface area contributed by atoms with Crippen LogP contribution in [-0.2, 0) is 6.54 Å². The maximum atomic E-state index is 5.73. The lowest BCUT2D eigenvalue weighted by Crippen LogP contribution is -2.19. The minimum absolute atomic E-state index is 0.530. The van der Waals surface area contributed by atoms with Crippen LogP contribution in [0.5, 0.6) is 11.8 Å². The minimum Gasteiger partial charge on any atom is -0.419 e.